The Morgan fingerprint density at radius 1 is 1.44 bits per heavy atom. The highest BCUT2D eigenvalue weighted by molar-refractivity contribution is 9.10. The number of carboxylic acids is 1. The molecule has 3 rings (SSSR count). The second-order valence-electron chi connectivity index (χ2n) is 4.92. The van der Waals surface area contributed by atoms with Crippen molar-refractivity contribution in [1.29, 1.82) is 0 Å². The van der Waals surface area contributed by atoms with Crippen molar-refractivity contribution in [3.63, 3.8) is 0 Å². The number of nitrogens with zero attached hydrogens (tertiary/aromatic N) is 2. The van der Waals surface area contributed by atoms with Crippen LogP contribution < -0.4 is 4.90 Å². The van der Waals surface area contributed by atoms with E-state index in [0.29, 0.717) is 6.04 Å². The summed E-state index contributed by atoms with van der Waals surface area (Å²) in [4.78, 5) is 15.2. The molecule has 1 saturated heterocycles. The molecular weight excluding hydrogens is 296 g/mol. The van der Waals surface area contributed by atoms with Crippen molar-refractivity contribution in [3.8, 4) is 0 Å². The maximum Gasteiger partial charge on any atom is 0.317 e. The van der Waals surface area contributed by atoms with Crippen molar-refractivity contribution >= 4 is 27.6 Å². The summed E-state index contributed by atoms with van der Waals surface area (Å²) in [6, 6.07) is 6.72. The number of carbonyl (C=O) groups is 1. The standard InChI is InChI=1S/C13H15BrN2O2/c14-11-2-1-3-12-10(11)6-9-7-15(8-13(17)18)4-5-16(9)12/h1-3,9H,4-8H2,(H,17,18). The molecule has 5 heteroatoms. The lowest BCUT2D eigenvalue weighted by atomic mass is 10.1. The van der Waals surface area contributed by atoms with Crippen LogP contribution in [-0.2, 0) is 11.2 Å². The summed E-state index contributed by atoms with van der Waals surface area (Å²) in [6.07, 6.45) is 1.01. The van der Waals surface area contributed by atoms with Gasteiger partial charge in [0.1, 0.15) is 0 Å². The number of benzene rings is 1. The van der Waals surface area contributed by atoms with E-state index in [9.17, 15) is 4.79 Å². The first kappa shape index (κ1) is 12.0. The number of aliphatic carboxylic acids is 1. The van der Waals surface area contributed by atoms with Crippen LogP contribution in [0.15, 0.2) is 22.7 Å². The lowest BCUT2D eigenvalue weighted by Gasteiger charge is -2.38. The first-order chi connectivity index (χ1) is 8.65. The summed E-state index contributed by atoms with van der Waals surface area (Å²) >= 11 is 3.60. The van der Waals surface area contributed by atoms with Gasteiger partial charge in [-0.25, -0.2) is 0 Å². The van der Waals surface area contributed by atoms with E-state index in [0.717, 1.165) is 26.1 Å². The monoisotopic (exact) mass is 310 g/mol. The number of carboxylic acid groups (broad SMARTS) is 1. The van der Waals surface area contributed by atoms with Gasteiger partial charge in [0, 0.05) is 35.8 Å². The van der Waals surface area contributed by atoms with Gasteiger partial charge in [-0.15, -0.1) is 0 Å². The first-order valence-corrected chi connectivity index (χ1v) is 6.92. The fourth-order valence-corrected chi connectivity index (χ4v) is 3.52. The summed E-state index contributed by atoms with van der Waals surface area (Å²) in [5.41, 5.74) is 2.67. The molecule has 1 atom stereocenters. The van der Waals surface area contributed by atoms with Gasteiger partial charge >= 0.3 is 5.97 Å². The molecule has 1 unspecified atom stereocenters. The minimum atomic E-state index is -0.736. The van der Waals surface area contributed by atoms with Crippen molar-refractivity contribution in [1.82, 2.24) is 4.90 Å². The predicted octanol–water partition coefficient (Wildman–Crippen LogP) is 1.58. The van der Waals surface area contributed by atoms with Crippen LogP contribution in [-0.4, -0.2) is 48.2 Å². The smallest absolute Gasteiger partial charge is 0.317 e. The maximum absolute atomic E-state index is 10.8. The summed E-state index contributed by atoms with van der Waals surface area (Å²) in [5, 5.41) is 8.86. The number of anilines is 1. The molecule has 0 saturated carbocycles. The number of hydrogen-bond donors (Lipinski definition) is 1. The zero-order chi connectivity index (χ0) is 12.7. The number of rotatable bonds is 2. The van der Waals surface area contributed by atoms with Crippen molar-refractivity contribution in [3.05, 3.63) is 28.2 Å². The van der Waals surface area contributed by atoms with E-state index in [4.69, 9.17) is 5.11 Å². The van der Waals surface area contributed by atoms with Crippen LogP contribution in [0.1, 0.15) is 5.56 Å². The molecule has 0 spiro atoms. The molecular formula is C13H15BrN2O2. The highest BCUT2D eigenvalue weighted by Gasteiger charge is 2.35. The third-order valence-electron chi connectivity index (χ3n) is 3.77. The molecule has 2 heterocycles. The average Bonchev–Trinajstić information content (AvgIpc) is 2.67. The summed E-state index contributed by atoms with van der Waals surface area (Å²) < 4.78 is 1.17. The van der Waals surface area contributed by atoms with Crippen LogP contribution in [0.3, 0.4) is 0 Å². The van der Waals surface area contributed by atoms with E-state index in [2.05, 4.69) is 39.0 Å². The van der Waals surface area contributed by atoms with E-state index in [1.165, 1.54) is 15.7 Å². The number of hydrogen-bond acceptors (Lipinski definition) is 3. The SMILES string of the molecule is O=C(O)CN1CCN2c3cccc(Br)c3CC2C1. The van der Waals surface area contributed by atoms with Gasteiger partial charge in [-0.3, -0.25) is 9.69 Å². The van der Waals surface area contributed by atoms with Crippen molar-refractivity contribution < 1.29 is 9.90 Å². The molecule has 18 heavy (non-hydrogen) atoms. The minimum Gasteiger partial charge on any atom is -0.480 e. The molecule has 0 bridgehead atoms. The fraction of sp³-hybridized carbons (Fsp3) is 0.462. The van der Waals surface area contributed by atoms with E-state index in [-0.39, 0.29) is 6.54 Å². The molecule has 1 N–H and O–H groups in total. The largest absolute Gasteiger partial charge is 0.480 e. The third-order valence-corrected chi connectivity index (χ3v) is 4.51. The zero-order valence-electron chi connectivity index (χ0n) is 9.97. The highest BCUT2D eigenvalue weighted by Crippen LogP contribution is 2.38. The van der Waals surface area contributed by atoms with Crippen LogP contribution in [0.25, 0.3) is 0 Å². The molecule has 0 radical (unpaired) electrons. The summed E-state index contributed by atoms with van der Waals surface area (Å²) in [7, 11) is 0. The van der Waals surface area contributed by atoms with E-state index in [1.54, 1.807) is 0 Å². The summed E-state index contributed by atoms with van der Waals surface area (Å²) in [6.45, 7) is 2.74. The lowest BCUT2D eigenvalue weighted by molar-refractivity contribution is -0.138. The number of fused-ring (bicyclic) bond motifs is 3. The van der Waals surface area contributed by atoms with Crippen molar-refractivity contribution in [2.24, 2.45) is 0 Å². The molecule has 2 aliphatic heterocycles. The van der Waals surface area contributed by atoms with Crippen LogP contribution in [0.4, 0.5) is 5.69 Å². The van der Waals surface area contributed by atoms with E-state index in [1.807, 2.05) is 4.90 Å². The zero-order valence-corrected chi connectivity index (χ0v) is 11.6. The van der Waals surface area contributed by atoms with Gasteiger partial charge < -0.3 is 10.0 Å². The Kier molecular flexibility index (Phi) is 3.03. The molecule has 96 valence electrons. The molecule has 1 fully saturated rings. The number of piperazine rings is 1. The Bertz CT molecular complexity index is 492. The third kappa shape index (κ3) is 2.01. The minimum absolute atomic E-state index is 0.155. The van der Waals surface area contributed by atoms with Gasteiger partial charge in [-0.2, -0.15) is 0 Å². The second-order valence-corrected chi connectivity index (χ2v) is 5.77. The van der Waals surface area contributed by atoms with E-state index < -0.39 is 5.97 Å². The van der Waals surface area contributed by atoms with Gasteiger partial charge in [-0.05, 0) is 24.1 Å². The first-order valence-electron chi connectivity index (χ1n) is 6.13. The van der Waals surface area contributed by atoms with Gasteiger partial charge in [0.25, 0.3) is 0 Å². The Hall–Kier alpha value is -1.07. The fourth-order valence-electron chi connectivity index (χ4n) is 3.00. The van der Waals surface area contributed by atoms with Crippen LogP contribution in [0, 0.1) is 0 Å². The van der Waals surface area contributed by atoms with Gasteiger partial charge in [0.15, 0.2) is 0 Å². The van der Waals surface area contributed by atoms with Crippen LogP contribution in [0.5, 0.6) is 0 Å². The van der Waals surface area contributed by atoms with Crippen molar-refractivity contribution in [2.45, 2.75) is 12.5 Å². The maximum atomic E-state index is 10.8. The van der Waals surface area contributed by atoms with Crippen LogP contribution >= 0.6 is 15.9 Å². The van der Waals surface area contributed by atoms with Gasteiger partial charge in [0.05, 0.1) is 6.54 Å². The Labute approximate surface area is 114 Å². The Balaban J connectivity index is 1.79. The summed E-state index contributed by atoms with van der Waals surface area (Å²) in [5.74, 6) is -0.736. The molecule has 1 aromatic carbocycles. The quantitative estimate of drug-likeness (QED) is 0.901. The second kappa shape index (κ2) is 4.55. The predicted molar refractivity (Wildman–Crippen MR) is 73.1 cm³/mol. The highest BCUT2D eigenvalue weighted by atomic mass is 79.9. The molecule has 4 nitrogen and oxygen atoms in total. The Morgan fingerprint density at radius 3 is 3.06 bits per heavy atom. The van der Waals surface area contributed by atoms with Crippen LogP contribution in [0.2, 0.25) is 0 Å². The molecule has 0 aliphatic carbocycles. The molecule has 0 aromatic heterocycles. The molecule has 0 amide bonds. The lowest BCUT2D eigenvalue weighted by Crippen LogP contribution is -2.52. The topological polar surface area (TPSA) is 43.8 Å². The van der Waals surface area contributed by atoms with E-state index >= 15 is 0 Å². The Morgan fingerprint density at radius 2 is 2.28 bits per heavy atom. The number of halogens is 1. The van der Waals surface area contributed by atoms with Gasteiger partial charge in [-0.1, -0.05) is 22.0 Å². The molecule has 1 aromatic rings. The molecule has 2 aliphatic rings. The normalized spacial score (nSPS) is 22.7. The van der Waals surface area contributed by atoms with Gasteiger partial charge in [0.2, 0.25) is 0 Å². The van der Waals surface area contributed by atoms with Crippen molar-refractivity contribution in [2.75, 3.05) is 31.1 Å². The average molecular weight is 311 g/mol.